The van der Waals surface area contributed by atoms with Crippen LogP contribution in [0.5, 0.6) is 0 Å². The van der Waals surface area contributed by atoms with Gasteiger partial charge in [0.25, 0.3) is 11.5 Å². The summed E-state index contributed by atoms with van der Waals surface area (Å²) >= 11 is 0. The van der Waals surface area contributed by atoms with E-state index < -0.39 is 0 Å². The molecule has 0 spiro atoms. The van der Waals surface area contributed by atoms with E-state index in [9.17, 15) is 9.59 Å². The van der Waals surface area contributed by atoms with Crippen molar-refractivity contribution in [2.45, 2.75) is 26.9 Å². The Balaban J connectivity index is 1.63. The Kier molecular flexibility index (Phi) is 6.26. The minimum atomic E-state index is -0.381. The van der Waals surface area contributed by atoms with Crippen molar-refractivity contribution in [3.8, 4) is 0 Å². The smallest absolute Gasteiger partial charge is 0.277 e. The highest BCUT2D eigenvalue weighted by molar-refractivity contribution is 6.10. The number of hydrogen-bond acceptors (Lipinski definition) is 5. The molecule has 0 aliphatic rings. The molecule has 0 fully saturated rings. The van der Waals surface area contributed by atoms with Gasteiger partial charge in [-0.05, 0) is 29.7 Å². The highest BCUT2D eigenvalue weighted by Gasteiger charge is 2.18. The van der Waals surface area contributed by atoms with Crippen molar-refractivity contribution in [2.75, 3.05) is 24.3 Å². The zero-order valence-corrected chi connectivity index (χ0v) is 19.3. The Hall–Kier alpha value is -3.94. The van der Waals surface area contributed by atoms with Gasteiger partial charge >= 0.3 is 0 Å². The largest absolute Gasteiger partial charge is 0.378 e. The van der Waals surface area contributed by atoms with E-state index >= 15 is 0 Å². The van der Waals surface area contributed by atoms with Crippen LogP contribution >= 0.6 is 0 Å². The number of amides is 1. The van der Waals surface area contributed by atoms with Gasteiger partial charge < -0.3 is 10.2 Å². The fourth-order valence-corrected chi connectivity index (χ4v) is 3.69. The number of aromatic nitrogens is 4. The third-order valence-electron chi connectivity index (χ3n) is 5.36. The lowest BCUT2D eigenvalue weighted by molar-refractivity contribution is 0.102. The summed E-state index contributed by atoms with van der Waals surface area (Å²) in [5, 5.41) is 12.7. The maximum Gasteiger partial charge on any atom is 0.277 e. The Morgan fingerprint density at radius 3 is 2.36 bits per heavy atom. The fourth-order valence-electron chi connectivity index (χ4n) is 3.69. The van der Waals surface area contributed by atoms with Gasteiger partial charge in [0.15, 0.2) is 5.69 Å². The molecule has 8 nitrogen and oxygen atoms in total. The number of benzene rings is 2. The third-order valence-corrected chi connectivity index (χ3v) is 5.36. The Morgan fingerprint density at radius 2 is 1.70 bits per heavy atom. The molecule has 0 saturated heterocycles. The maximum atomic E-state index is 13.3. The Bertz CT molecular complexity index is 1340. The van der Waals surface area contributed by atoms with E-state index in [0.717, 1.165) is 11.3 Å². The van der Waals surface area contributed by atoms with Crippen LogP contribution in [0, 0.1) is 5.92 Å². The molecule has 1 N–H and O–H groups in total. The monoisotopic (exact) mass is 444 g/mol. The summed E-state index contributed by atoms with van der Waals surface area (Å²) in [7, 11) is 4.00. The second-order valence-corrected chi connectivity index (χ2v) is 8.66. The number of carbonyl (C=O) groups is 1. The molecule has 0 aliphatic carbocycles. The van der Waals surface area contributed by atoms with Crippen LogP contribution in [0.2, 0.25) is 0 Å². The van der Waals surface area contributed by atoms with Crippen molar-refractivity contribution >= 4 is 28.2 Å². The van der Waals surface area contributed by atoms with Crippen LogP contribution < -0.4 is 15.8 Å². The first kappa shape index (κ1) is 22.3. The van der Waals surface area contributed by atoms with Crippen LogP contribution in [0.4, 0.5) is 11.5 Å². The van der Waals surface area contributed by atoms with E-state index in [1.165, 1.54) is 4.68 Å². The first-order valence-corrected chi connectivity index (χ1v) is 10.9. The van der Waals surface area contributed by atoms with Crippen LogP contribution in [0.15, 0.2) is 65.6 Å². The number of nitrogens with zero attached hydrogens (tertiary/aromatic N) is 5. The number of carbonyl (C=O) groups excluding carboxylic acids is 1. The van der Waals surface area contributed by atoms with Gasteiger partial charge in [-0.25, -0.2) is 9.36 Å². The molecule has 4 rings (SSSR count). The third kappa shape index (κ3) is 4.79. The predicted molar refractivity (Wildman–Crippen MR) is 131 cm³/mol. The molecule has 33 heavy (non-hydrogen) atoms. The van der Waals surface area contributed by atoms with Gasteiger partial charge in [-0.15, -0.1) is 0 Å². The first-order chi connectivity index (χ1) is 15.8. The second-order valence-electron chi connectivity index (χ2n) is 8.66. The molecule has 0 atom stereocenters. The van der Waals surface area contributed by atoms with Crippen LogP contribution in [-0.2, 0) is 13.1 Å². The van der Waals surface area contributed by atoms with Gasteiger partial charge in [0.2, 0.25) is 0 Å². The molecule has 0 saturated carbocycles. The predicted octanol–water partition coefficient (Wildman–Crippen LogP) is 3.62. The molecule has 0 unspecified atom stereocenters. The lowest BCUT2D eigenvalue weighted by Crippen LogP contribution is -2.29. The summed E-state index contributed by atoms with van der Waals surface area (Å²) in [6.07, 6.45) is 1.65. The average molecular weight is 445 g/mol. The Labute approximate surface area is 192 Å². The van der Waals surface area contributed by atoms with Crippen molar-refractivity contribution in [3.05, 3.63) is 82.4 Å². The minimum Gasteiger partial charge on any atom is -0.378 e. The van der Waals surface area contributed by atoms with Crippen LogP contribution in [0.1, 0.15) is 29.9 Å². The van der Waals surface area contributed by atoms with Crippen LogP contribution in [0.3, 0.4) is 0 Å². The molecule has 0 aliphatic heterocycles. The molecular weight excluding hydrogens is 416 g/mol. The molecule has 4 aromatic rings. The number of anilines is 2. The molecule has 2 aromatic heterocycles. The average Bonchev–Trinajstić information content (AvgIpc) is 3.22. The van der Waals surface area contributed by atoms with Crippen molar-refractivity contribution in [1.29, 1.82) is 0 Å². The van der Waals surface area contributed by atoms with Crippen LogP contribution in [0.25, 0.3) is 10.8 Å². The van der Waals surface area contributed by atoms with Gasteiger partial charge in [0, 0.05) is 37.8 Å². The van der Waals surface area contributed by atoms with E-state index in [0.29, 0.717) is 29.7 Å². The first-order valence-electron chi connectivity index (χ1n) is 10.9. The lowest BCUT2D eigenvalue weighted by Gasteiger charge is -2.14. The van der Waals surface area contributed by atoms with Gasteiger partial charge in [0.1, 0.15) is 5.82 Å². The van der Waals surface area contributed by atoms with E-state index in [1.54, 1.807) is 41.2 Å². The van der Waals surface area contributed by atoms with Gasteiger partial charge in [0.05, 0.1) is 18.1 Å². The van der Waals surface area contributed by atoms with Crippen molar-refractivity contribution in [3.63, 3.8) is 0 Å². The van der Waals surface area contributed by atoms with E-state index in [4.69, 9.17) is 0 Å². The van der Waals surface area contributed by atoms with Crippen molar-refractivity contribution in [2.24, 2.45) is 5.92 Å². The summed E-state index contributed by atoms with van der Waals surface area (Å²) in [5.41, 5.74) is 2.20. The maximum absolute atomic E-state index is 13.3. The fraction of sp³-hybridized carbons (Fsp3) is 0.280. The molecular formula is C25H28N6O2. The van der Waals surface area contributed by atoms with Crippen LogP contribution in [-0.4, -0.2) is 39.6 Å². The SMILES string of the molecule is CC(C)Cn1nc(C(=O)Nc2ccnn2Cc2ccc(N(C)C)cc2)c2ccccc2c1=O. The number of nitrogens with one attached hydrogen (secondary N) is 1. The summed E-state index contributed by atoms with van der Waals surface area (Å²) in [4.78, 5) is 28.1. The van der Waals surface area contributed by atoms with Gasteiger partial charge in [-0.2, -0.15) is 10.2 Å². The normalized spacial score (nSPS) is 11.2. The zero-order chi connectivity index (χ0) is 23.5. The molecule has 170 valence electrons. The molecule has 0 bridgehead atoms. The molecule has 1 amide bonds. The molecule has 0 radical (unpaired) electrons. The van der Waals surface area contributed by atoms with Gasteiger partial charge in [-0.3, -0.25) is 9.59 Å². The minimum absolute atomic E-state index is 0.193. The zero-order valence-electron chi connectivity index (χ0n) is 19.3. The highest BCUT2D eigenvalue weighted by atomic mass is 16.2. The summed E-state index contributed by atoms with van der Waals surface area (Å²) in [6.45, 7) is 4.96. The van der Waals surface area contributed by atoms with Crippen molar-refractivity contribution < 1.29 is 4.79 Å². The molecule has 2 aromatic carbocycles. The number of fused-ring (bicyclic) bond motifs is 1. The molecule has 8 heteroatoms. The topological polar surface area (TPSA) is 85.1 Å². The number of hydrogen-bond donors (Lipinski definition) is 1. The summed E-state index contributed by atoms with van der Waals surface area (Å²) in [6, 6.07) is 17.0. The highest BCUT2D eigenvalue weighted by Crippen LogP contribution is 2.18. The lowest BCUT2D eigenvalue weighted by atomic mass is 10.1. The van der Waals surface area contributed by atoms with E-state index in [1.807, 2.05) is 57.1 Å². The van der Waals surface area contributed by atoms with E-state index in [-0.39, 0.29) is 23.1 Å². The standard InChI is InChI=1S/C25H28N6O2/c1-17(2)15-31-25(33)21-8-6-5-7-20(21)23(28-31)24(32)27-22-13-14-26-30(22)16-18-9-11-19(12-10-18)29(3)4/h5-14,17H,15-16H2,1-4H3,(H,27,32). The summed E-state index contributed by atoms with van der Waals surface area (Å²) < 4.78 is 3.11. The van der Waals surface area contributed by atoms with Gasteiger partial charge in [-0.1, -0.05) is 44.2 Å². The second kappa shape index (κ2) is 9.28. The molecule has 2 heterocycles. The summed E-state index contributed by atoms with van der Waals surface area (Å²) in [5.74, 6) is 0.394. The van der Waals surface area contributed by atoms with E-state index in [2.05, 4.69) is 15.5 Å². The number of rotatable bonds is 7. The van der Waals surface area contributed by atoms with Crippen molar-refractivity contribution in [1.82, 2.24) is 19.6 Å². The quantitative estimate of drug-likeness (QED) is 0.471. The Morgan fingerprint density at radius 1 is 1.00 bits per heavy atom.